The van der Waals surface area contributed by atoms with Gasteiger partial charge in [-0.1, -0.05) is 18.2 Å². The van der Waals surface area contributed by atoms with Crippen LogP contribution >= 0.6 is 0 Å². The van der Waals surface area contributed by atoms with E-state index in [2.05, 4.69) is 15.5 Å². The summed E-state index contributed by atoms with van der Waals surface area (Å²) in [4.78, 5) is 26.5. The zero-order chi connectivity index (χ0) is 23.8. The topological polar surface area (TPSA) is 70.7 Å². The third-order valence-electron chi connectivity index (χ3n) is 5.45. The second kappa shape index (κ2) is 11.2. The number of hydrogen-bond donors (Lipinski definition) is 2. The van der Waals surface area contributed by atoms with Crippen molar-refractivity contribution in [2.24, 2.45) is 0 Å². The van der Waals surface area contributed by atoms with Crippen LogP contribution in [0.25, 0.3) is 0 Å². The second-order valence-electron chi connectivity index (χ2n) is 7.96. The van der Waals surface area contributed by atoms with E-state index in [4.69, 9.17) is 4.74 Å². The van der Waals surface area contributed by atoms with Crippen LogP contribution in [0, 0.1) is 0 Å². The minimum absolute atomic E-state index is 0.0300. The molecule has 0 atom stereocenters. The highest BCUT2D eigenvalue weighted by molar-refractivity contribution is 5.96. The van der Waals surface area contributed by atoms with Crippen molar-refractivity contribution in [1.82, 2.24) is 15.5 Å². The number of halogens is 3. The monoisotopic (exact) mass is 463 g/mol. The number of carbonyl (C=O) groups is 2. The van der Waals surface area contributed by atoms with Gasteiger partial charge in [0.15, 0.2) is 0 Å². The fourth-order valence-corrected chi connectivity index (χ4v) is 3.75. The summed E-state index contributed by atoms with van der Waals surface area (Å²) in [6.45, 7) is 4.05. The summed E-state index contributed by atoms with van der Waals surface area (Å²) in [5.41, 5.74) is 0.410. The van der Waals surface area contributed by atoms with Crippen molar-refractivity contribution in [3.8, 4) is 5.75 Å². The Balaban J connectivity index is 1.39. The van der Waals surface area contributed by atoms with Gasteiger partial charge >= 0.3 is 6.18 Å². The van der Waals surface area contributed by atoms with Crippen LogP contribution in [0.4, 0.5) is 13.2 Å². The van der Waals surface area contributed by atoms with Crippen molar-refractivity contribution in [1.29, 1.82) is 0 Å². The highest BCUT2D eigenvalue weighted by Gasteiger charge is 2.30. The molecule has 0 unspecified atom stereocenters. The molecular formula is C24H28F3N3O3. The number of carbonyl (C=O) groups excluding carboxylic acids is 2. The molecule has 0 saturated carbocycles. The van der Waals surface area contributed by atoms with Gasteiger partial charge in [0.05, 0.1) is 18.7 Å². The molecule has 0 spiro atoms. The first kappa shape index (κ1) is 24.6. The number of nitrogens with zero attached hydrogens (tertiary/aromatic N) is 1. The molecule has 2 amide bonds. The first-order chi connectivity index (χ1) is 15.7. The van der Waals surface area contributed by atoms with E-state index in [1.807, 2.05) is 6.92 Å². The van der Waals surface area contributed by atoms with Gasteiger partial charge < -0.3 is 15.4 Å². The molecule has 0 bridgehead atoms. The molecule has 1 saturated heterocycles. The van der Waals surface area contributed by atoms with Gasteiger partial charge in [0.25, 0.3) is 5.91 Å². The molecular weight excluding hydrogens is 435 g/mol. The Morgan fingerprint density at radius 1 is 1.09 bits per heavy atom. The first-order valence-electron chi connectivity index (χ1n) is 10.9. The third kappa shape index (κ3) is 7.49. The van der Waals surface area contributed by atoms with E-state index in [1.54, 1.807) is 30.3 Å². The molecule has 9 heteroatoms. The van der Waals surface area contributed by atoms with Crippen molar-refractivity contribution in [2.75, 3.05) is 26.2 Å². The molecule has 3 rings (SSSR count). The van der Waals surface area contributed by atoms with Gasteiger partial charge in [0, 0.05) is 31.2 Å². The highest BCUT2D eigenvalue weighted by atomic mass is 19.4. The predicted molar refractivity (Wildman–Crippen MR) is 118 cm³/mol. The van der Waals surface area contributed by atoms with E-state index in [-0.39, 0.29) is 24.4 Å². The largest absolute Gasteiger partial charge is 0.494 e. The Kier molecular flexibility index (Phi) is 8.32. The van der Waals surface area contributed by atoms with Crippen LogP contribution in [0.2, 0.25) is 0 Å². The summed E-state index contributed by atoms with van der Waals surface area (Å²) < 4.78 is 44.0. The summed E-state index contributed by atoms with van der Waals surface area (Å²) >= 11 is 0. The van der Waals surface area contributed by atoms with Crippen LogP contribution in [-0.4, -0.2) is 49.0 Å². The first-order valence-corrected chi connectivity index (χ1v) is 10.9. The molecule has 0 aliphatic carbocycles. The Bertz CT molecular complexity index is 940. The number of amides is 2. The van der Waals surface area contributed by atoms with Crippen LogP contribution in [0.3, 0.4) is 0 Å². The lowest BCUT2D eigenvalue weighted by Crippen LogP contribution is -2.47. The zero-order valence-corrected chi connectivity index (χ0v) is 18.5. The summed E-state index contributed by atoms with van der Waals surface area (Å²) in [5, 5.41) is 5.52. The minimum Gasteiger partial charge on any atom is -0.494 e. The number of piperidine rings is 1. The maximum Gasteiger partial charge on any atom is 0.416 e. The maximum atomic E-state index is 12.9. The normalized spacial score (nSPS) is 15.2. The average molecular weight is 464 g/mol. The van der Waals surface area contributed by atoms with Crippen LogP contribution < -0.4 is 15.4 Å². The number of nitrogens with one attached hydrogen (secondary N) is 2. The quantitative estimate of drug-likeness (QED) is 0.628. The smallest absolute Gasteiger partial charge is 0.416 e. The summed E-state index contributed by atoms with van der Waals surface area (Å²) in [6, 6.07) is 12.0. The summed E-state index contributed by atoms with van der Waals surface area (Å²) in [7, 11) is 0. The predicted octanol–water partition coefficient (Wildman–Crippen LogP) is 3.61. The molecule has 2 aromatic carbocycles. The number of hydrogen-bond acceptors (Lipinski definition) is 4. The zero-order valence-electron chi connectivity index (χ0n) is 18.5. The maximum absolute atomic E-state index is 12.9. The lowest BCUT2D eigenvalue weighted by atomic mass is 10.0. The van der Waals surface area contributed by atoms with Gasteiger partial charge in [0.1, 0.15) is 5.75 Å². The number of ether oxygens (including phenoxy) is 1. The molecule has 2 N–H and O–H groups in total. The molecule has 1 fully saturated rings. The molecule has 2 aromatic rings. The van der Waals surface area contributed by atoms with Crippen molar-refractivity contribution in [3.05, 3.63) is 65.2 Å². The van der Waals surface area contributed by atoms with E-state index in [0.717, 1.165) is 6.07 Å². The van der Waals surface area contributed by atoms with Crippen LogP contribution in [0.15, 0.2) is 48.5 Å². The molecule has 1 aliphatic rings. The molecule has 178 valence electrons. The Labute approximate surface area is 191 Å². The third-order valence-corrected chi connectivity index (χ3v) is 5.45. The molecule has 33 heavy (non-hydrogen) atoms. The van der Waals surface area contributed by atoms with Gasteiger partial charge in [-0.05, 0) is 55.7 Å². The number of likely N-dealkylation sites (tertiary alicyclic amines) is 1. The standard InChI is InChI=1S/C24H28F3N3O3/c1-2-33-21-8-6-18(7-9-21)23(32)28-15-22(31)29-20-10-12-30(13-11-20)16-17-4-3-5-19(14-17)24(25,26)27/h3-9,14,20H,2,10-13,15-16H2,1H3,(H,28,32)(H,29,31). The molecule has 0 radical (unpaired) electrons. The lowest BCUT2D eigenvalue weighted by molar-refractivity contribution is -0.137. The van der Waals surface area contributed by atoms with E-state index >= 15 is 0 Å². The van der Waals surface area contributed by atoms with E-state index in [0.29, 0.717) is 56.0 Å². The minimum atomic E-state index is -4.35. The Morgan fingerprint density at radius 3 is 2.42 bits per heavy atom. The van der Waals surface area contributed by atoms with Gasteiger partial charge in [-0.25, -0.2) is 0 Å². The van der Waals surface area contributed by atoms with Crippen molar-refractivity contribution >= 4 is 11.8 Å². The van der Waals surface area contributed by atoms with Crippen LogP contribution in [0.1, 0.15) is 41.3 Å². The summed E-state index contributed by atoms with van der Waals surface area (Å²) in [5.74, 6) is 0.0564. The van der Waals surface area contributed by atoms with Gasteiger partial charge in [-0.15, -0.1) is 0 Å². The molecule has 0 aromatic heterocycles. The SMILES string of the molecule is CCOc1ccc(C(=O)NCC(=O)NC2CCN(Cc3cccc(C(F)(F)F)c3)CC2)cc1. The number of rotatable bonds is 8. The molecule has 6 nitrogen and oxygen atoms in total. The summed E-state index contributed by atoms with van der Waals surface area (Å²) in [6.07, 6.45) is -2.97. The fourth-order valence-electron chi connectivity index (χ4n) is 3.75. The van der Waals surface area contributed by atoms with Crippen molar-refractivity contribution in [2.45, 2.75) is 38.5 Å². The Hall–Kier alpha value is -3.07. The molecule has 1 aliphatic heterocycles. The van der Waals surface area contributed by atoms with Gasteiger partial charge in [-0.3, -0.25) is 14.5 Å². The van der Waals surface area contributed by atoms with E-state index in [9.17, 15) is 22.8 Å². The highest BCUT2D eigenvalue weighted by Crippen LogP contribution is 2.30. The van der Waals surface area contributed by atoms with Crippen molar-refractivity contribution in [3.63, 3.8) is 0 Å². The number of benzene rings is 2. The van der Waals surface area contributed by atoms with Gasteiger partial charge in [0.2, 0.25) is 5.91 Å². The van der Waals surface area contributed by atoms with E-state index in [1.165, 1.54) is 12.1 Å². The van der Waals surface area contributed by atoms with Crippen LogP contribution in [0.5, 0.6) is 5.75 Å². The average Bonchev–Trinajstić information content (AvgIpc) is 2.79. The second-order valence-corrected chi connectivity index (χ2v) is 7.96. The Morgan fingerprint density at radius 2 is 1.79 bits per heavy atom. The molecule has 1 heterocycles. The van der Waals surface area contributed by atoms with Gasteiger partial charge in [-0.2, -0.15) is 13.2 Å². The lowest BCUT2D eigenvalue weighted by Gasteiger charge is -2.32. The van der Waals surface area contributed by atoms with Crippen molar-refractivity contribution < 1.29 is 27.5 Å². The van der Waals surface area contributed by atoms with Crippen LogP contribution in [-0.2, 0) is 17.5 Å². The van der Waals surface area contributed by atoms with E-state index < -0.39 is 11.7 Å². The number of alkyl halides is 3. The fraction of sp³-hybridized carbons (Fsp3) is 0.417.